The number of anilines is 4. The first-order valence-corrected chi connectivity index (χ1v) is 33.0. The van der Waals surface area contributed by atoms with Crippen molar-refractivity contribution >= 4 is 83.6 Å². The van der Waals surface area contributed by atoms with Crippen molar-refractivity contribution in [2.75, 3.05) is 94.1 Å². The summed E-state index contributed by atoms with van der Waals surface area (Å²) in [4.78, 5) is 46.1. The van der Waals surface area contributed by atoms with E-state index in [-0.39, 0.29) is 40.1 Å². The van der Waals surface area contributed by atoms with Crippen LogP contribution in [-0.2, 0) is 25.7 Å². The number of carbonyl (C=O) groups is 1. The summed E-state index contributed by atoms with van der Waals surface area (Å²) in [6, 6.07) is 27.0. The third kappa shape index (κ3) is 16.2. The van der Waals surface area contributed by atoms with Gasteiger partial charge in [-0.15, -0.1) is 0 Å². The molecule has 496 valence electrons. The standard InChI is InChI=1S/C45H50ClN7O7S.C23H25F3N4O3/c1-45(2)15-11-33(39(26-45)31-3-5-34(46)6-4-31)29-51-17-19-52(20-18-51)35-7-9-38(42(24-35)60-36-23-32-12-16-47-43(32)49-28-36)44(54)50-61(57,58)37-8-10-40(41(25-37)53(55)56)48-27-30-13-21-59-22-14-30;1-12(14-6-15(23(24,25)26)8-16(27)7-14)28-22-18-9-21(33-17-4-5-32-11-17)20(31-3)10-19(18)29-13(2)30-22/h3-10,12,16,23-25,28,30,48H,11,13-15,17-22,26-27,29H2,1-2H3,(H,47,49)(H,50,54);6-10,12,17H,4-5,11,27H2,1-3H3,(H,28,29,30). The number of nitrogens with two attached hydrogens (primary N) is 1. The Kier molecular flexibility index (Phi) is 20.2. The Balaban J connectivity index is 0.000000230. The Morgan fingerprint density at radius 1 is 0.926 bits per heavy atom. The van der Waals surface area contributed by atoms with E-state index in [0.717, 1.165) is 106 Å². The molecule has 2 unspecified atom stereocenters. The number of halogens is 4. The minimum absolute atomic E-state index is 0.0359. The molecule has 6 N–H and O–H groups in total. The van der Waals surface area contributed by atoms with E-state index in [1.54, 1.807) is 63.6 Å². The van der Waals surface area contributed by atoms with Gasteiger partial charge in [0.25, 0.3) is 21.6 Å². The molecular formula is C68H75ClF3N11O10S. The summed E-state index contributed by atoms with van der Waals surface area (Å²) in [6.07, 6.45) is 4.32. The van der Waals surface area contributed by atoms with Gasteiger partial charge in [-0.25, -0.2) is 28.1 Å². The highest BCUT2D eigenvalue weighted by Crippen LogP contribution is 2.44. The number of fused-ring (bicyclic) bond motifs is 2. The van der Waals surface area contributed by atoms with Crippen LogP contribution in [0, 0.1) is 28.4 Å². The number of amides is 1. The van der Waals surface area contributed by atoms with Gasteiger partial charge in [0.15, 0.2) is 11.5 Å². The molecule has 3 aliphatic heterocycles. The smallest absolute Gasteiger partial charge is 0.416 e. The molecular weight excluding hydrogens is 1260 g/mol. The summed E-state index contributed by atoms with van der Waals surface area (Å²) in [7, 11) is -3.00. The van der Waals surface area contributed by atoms with Gasteiger partial charge < -0.3 is 49.9 Å². The Morgan fingerprint density at radius 2 is 1.69 bits per heavy atom. The molecule has 12 rings (SSSR count). The number of nitrogens with one attached hydrogen (secondary N) is 4. The lowest BCUT2D eigenvalue weighted by molar-refractivity contribution is -0.384. The van der Waals surface area contributed by atoms with Crippen LogP contribution >= 0.6 is 11.6 Å². The SMILES string of the molecule is CC1(C)CCC(CN2CCN(c3ccc(C(=O)NS(=O)(=O)c4ccc(NCC5CCOCC5)c([N+](=O)[O-])c4)c(Oc4cnc5[nH]ccc5c4)c3)CC2)=C(c2ccc(Cl)cc2)C1.COc1cc2nc(C)nc(NC(C)c3cc(N)cc(C(F)(F)F)c3)c2cc1OC1CCOC1. The molecule has 0 bridgehead atoms. The Morgan fingerprint density at radius 3 is 2.41 bits per heavy atom. The number of alkyl halides is 3. The van der Waals surface area contributed by atoms with Gasteiger partial charge in [0.2, 0.25) is 0 Å². The molecule has 3 fully saturated rings. The van der Waals surface area contributed by atoms with Gasteiger partial charge in [-0.05, 0) is 147 Å². The third-order valence-corrected chi connectivity index (χ3v) is 19.0. The van der Waals surface area contributed by atoms with Crippen molar-refractivity contribution in [3.05, 3.63) is 164 Å². The lowest BCUT2D eigenvalue weighted by Gasteiger charge is -2.39. The number of aromatic nitrogens is 4. The van der Waals surface area contributed by atoms with Gasteiger partial charge in [0.05, 0.1) is 59.0 Å². The highest BCUT2D eigenvalue weighted by Gasteiger charge is 2.34. The lowest BCUT2D eigenvalue weighted by atomic mass is 9.72. The number of H-pyrrole nitrogens is 1. The largest absolute Gasteiger partial charge is 0.493 e. The zero-order valence-electron chi connectivity index (χ0n) is 52.8. The fraction of sp³-hybridized carbons (Fsp3) is 0.382. The predicted octanol–water partition coefficient (Wildman–Crippen LogP) is 13.5. The normalized spacial score (nSPS) is 17.5. The van der Waals surface area contributed by atoms with Gasteiger partial charge in [0.1, 0.15) is 40.6 Å². The van der Waals surface area contributed by atoms with E-state index in [0.29, 0.717) is 84.0 Å². The first-order chi connectivity index (χ1) is 44.9. The van der Waals surface area contributed by atoms with E-state index in [9.17, 15) is 36.5 Å². The minimum atomic E-state index is -4.55. The van der Waals surface area contributed by atoms with Crippen LogP contribution in [0.1, 0.15) is 98.2 Å². The van der Waals surface area contributed by atoms with E-state index < -0.39 is 49.2 Å². The zero-order chi connectivity index (χ0) is 66.5. The molecule has 3 aromatic heterocycles. The second kappa shape index (κ2) is 28.5. The average Bonchev–Trinajstić information content (AvgIpc) is 1.00. The summed E-state index contributed by atoms with van der Waals surface area (Å²) in [5.41, 5.74) is 11.5. The van der Waals surface area contributed by atoms with E-state index >= 15 is 0 Å². The summed E-state index contributed by atoms with van der Waals surface area (Å²) in [5.74, 6) is 1.82. The Labute approximate surface area is 547 Å². The number of methoxy groups -OCH3 is 1. The zero-order valence-corrected chi connectivity index (χ0v) is 54.4. The van der Waals surface area contributed by atoms with Crippen molar-refractivity contribution in [3.63, 3.8) is 0 Å². The van der Waals surface area contributed by atoms with Crippen molar-refractivity contribution in [2.24, 2.45) is 11.3 Å². The summed E-state index contributed by atoms with van der Waals surface area (Å²) < 4.78 is 97.9. The maximum atomic E-state index is 13.9. The fourth-order valence-corrected chi connectivity index (χ4v) is 13.3. The molecule has 0 saturated carbocycles. The summed E-state index contributed by atoms with van der Waals surface area (Å²) in [5, 5.41) is 20.6. The van der Waals surface area contributed by atoms with Gasteiger partial charge in [-0.1, -0.05) is 43.2 Å². The minimum Gasteiger partial charge on any atom is -0.493 e. The number of pyridine rings is 1. The molecule has 5 aromatic carbocycles. The van der Waals surface area contributed by atoms with Crippen LogP contribution in [0.5, 0.6) is 23.0 Å². The van der Waals surface area contributed by atoms with Crippen LogP contribution in [-0.4, -0.2) is 123 Å². The second-order valence-corrected chi connectivity index (χ2v) is 27.0. The molecule has 6 heterocycles. The number of hydrogen-bond acceptors (Lipinski definition) is 18. The average molecular weight is 1330 g/mol. The molecule has 3 saturated heterocycles. The summed E-state index contributed by atoms with van der Waals surface area (Å²) in [6.45, 7) is 15.0. The van der Waals surface area contributed by atoms with Crippen molar-refractivity contribution < 1.29 is 55.0 Å². The molecule has 1 amide bonds. The molecule has 0 radical (unpaired) electrons. The number of benzene rings is 5. The van der Waals surface area contributed by atoms with Crippen LogP contribution in [0.3, 0.4) is 0 Å². The van der Waals surface area contributed by atoms with Crippen LogP contribution in [0.4, 0.5) is 41.7 Å². The van der Waals surface area contributed by atoms with E-state index in [2.05, 4.69) is 71.1 Å². The second-order valence-electron chi connectivity index (χ2n) is 24.9. The summed E-state index contributed by atoms with van der Waals surface area (Å²) >= 11 is 6.24. The Hall–Kier alpha value is -8.75. The van der Waals surface area contributed by atoms with Crippen molar-refractivity contribution in [3.8, 4) is 23.0 Å². The van der Waals surface area contributed by atoms with Crippen LogP contribution in [0.15, 0.2) is 126 Å². The molecule has 4 aliphatic rings. The van der Waals surface area contributed by atoms with Gasteiger partial charge in [-0.2, -0.15) is 13.2 Å². The highest BCUT2D eigenvalue weighted by molar-refractivity contribution is 7.90. The number of allylic oxidation sites excluding steroid dienone is 1. The van der Waals surface area contributed by atoms with Crippen molar-refractivity contribution in [1.82, 2.24) is 29.6 Å². The number of aryl methyl sites for hydroxylation is 1. The highest BCUT2D eigenvalue weighted by atomic mass is 35.5. The van der Waals surface area contributed by atoms with Gasteiger partial charge in [0, 0.05) is 110 Å². The van der Waals surface area contributed by atoms with E-state index in [1.165, 1.54) is 41.1 Å². The molecule has 2 atom stereocenters. The van der Waals surface area contributed by atoms with Crippen molar-refractivity contribution in [2.45, 2.75) is 89.4 Å². The topological polar surface area (TPSA) is 264 Å². The molecule has 21 nitrogen and oxygen atoms in total. The predicted molar refractivity (Wildman–Crippen MR) is 356 cm³/mol. The number of ether oxygens (including phenoxy) is 5. The first-order valence-electron chi connectivity index (χ1n) is 31.2. The quantitative estimate of drug-likeness (QED) is 0.0286. The molecule has 26 heteroatoms. The number of nitro benzene ring substituents is 1. The number of piperazine rings is 1. The number of nitrogen functional groups attached to an aromatic ring is 1. The number of hydrogen-bond donors (Lipinski definition) is 5. The van der Waals surface area contributed by atoms with Crippen molar-refractivity contribution in [1.29, 1.82) is 0 Å². The molecule has 94 heavy (non-hydrogen) atoms. The number of rotatable bonds is 19. The van der Waals surface area contributed by atoms with Gasteiger partial charge in [-0.3, -0.25) is 19.8 Å². The van der Waals surface area contributed by atoms with Crippen LogP contribution in [0.25, 0.3) is 27.5 Å². The number of nitro groups is 1. The molecule has 0 spiro atoms. The fourth-order valence-electron chi connectivity index (χ4n) is 12.2. The van der Waals surface area contributed by atoms with Gasteiger partial charge >= 0.3 is 6.18 Å². The first kappa shape index (κ1) is 66.7. The molecule has 1 aliphatic carbocycles. The molecule has 8 aromatic rings. The van der Waals surface area contributed by atoms with E-state index in [4.69, 9.17) is 41.0 Å². The van der Waals surface area contributed by atoms with Crippen LogP contribution < -0.4 is 40.2 Å². The lowest BCUT2D eigenvalue weighted by Crippen LogP contribution is -2.47. The third-order valence-electron chi connectivity index (χ3n) is 17.4. The number of aromatic amines is 1. The van der Waals surface area contributed by atoms with Crippen LogP contribution in [0.2, 0.25) is 5.02 Å². The maximum absolute atomic E-state index is 13.9. The number of sulfonamides is 1. The number of nitrogens with zero attached hydrogens (tertiary/aromatic N) is 6. The maximum Gasteiger partial charge on any atom is 0.416 e. The monoisotopic (exact) mass is 1330 g/mol. The Bertz CT molecular complexity index is 4230. The van der Waals surface area contributed by atoms with E-state index in [1.807, 2.05) is 18.2 Å². The number of carbonyl (C=O) groups excluding carboxylic acids is 1.